The first-order chi connectivity index (χ1) is 15.1. The highest BCUT2D eigenvalue weighted by atomic mass is 16.5. The molecule has 0 N–H and O–H groups in total. The van der Waals surface area contributed by atoms with Crippen molar-refractivity contribution in [3.05, 3.63) is 58.2 Å². The molecule has 176 valence electrons. The molecule has 0 amide bonds. The molecule has 2 aliphatic rings. The summed E-state index contributed by atoms with van der Waals surface area (Å²) in [6.07, 6.45) is 6.12. The van der Waals surface area contributed by atoms with E-state index in [2.05, 4.69) is 70.7 Å². The highest BCUT2D eigenvalue weighted by Crippen LogP contribution is 2.26. The molecular formula is C28H43N3O. The van der Waals surface area contributed by atoms with Crippen LogP contribution in [0.2, 0.25) is 0 Å². The Morgan fingerprint density at radius 2 is 1.34 bits per heavy atom. The van der Waals surface area contributed by atoms with Crippen LogP contribution in [0.4, 0.5) is 0 Å². The highest BCUT2D eigenvalue weighted by molar-refractivity contribution is 5.29. The summed E-state index contributed by atoms with van der Waals surface area (Å²) in [6.45, 7) is 17.3. The van der Waals surface area contributed by atoms with Gasteiger partial charge in [0.2, 0.25) is 0 Å². The largest absolute Gasteiger partial charge is 0.383 e. The summed E-state index contributed by atoms with van der Waals surface area (Å²) < 4.78 is 5.14. The molecule has 2 aromatic heterocycles. The molecule has 0 unspecified atom stereocenters. The van der Waals surface area contributed by atoms with E-state index in [9.17, 15) is 0 Å². The summed E-state index contributed by atoms with van der Waals surface area (Å²) in [7, 11) is 1.76. The van der Waals surface area contributed by atoms with Crippen molar-refractivity contribution in [2.24, 2.45) is 0 Å². The van der Waals surface area contributed by atoms with Crippen molar-refractivity contribution in [1.29, 1.82) is 0 Å². The Labute approximate surface area is 195 Å². The smallest absolute Gasteiger partial charge is 0.0589 e. The Balaban J connectivity index is 0.000000186. The minimum absolute atomic E-state index is 0.141. The van der Waals surface area contributed by atoms with Crippen LogP contribution in [0.1, 0.15) is 88.3 Å². The van der Waals surface area contributed by atoms with Gasteiger partial charge in [0.05, 0.1) is 6.61 Å². The van der Waals surface area contributed by atoms with Gasteiger partial charge in [-0.2, -0.15) is 0 Å². The van der Waals surface area contributed by atoms with Crippen molar-refractivity contribution in [1.82, 2.24) is 14.9 Å². The molecule has 0 spiro atoms. The molecule has 1 aliphatic heterocycles. The molecule has 4 nitrogen and oxygen atoms in total. The first-order valence-corrected chi connectivity index (χ1v) is 12.3. The number of rotatable bonds is 3. The fraction of sp³-hybridized carbons (Fsp3) is 0.643. The lowest BCUT2D eigenvalue weighted by atomic mass is 9.89. The van der Waals surface area contributed by atoms with Crippen molar-refractivity contribution in [2.75, 3.05) is 26.8 Å². The van der Waals surface area contributed by atoms with Crippen LogP contribution in [0, 0.1) is 0 Å². The van der Waals surface area contributed by atoms with Crippen molar-refractivity contribution >= 4 is 0 Å². The summed E-state index contributed by atoms with van der Waals surface area (Å²) >= 11 is 0. The summed E-state index contributed by atoms with van der Waals surface area (Å²) in [6, 6.07) is 8.91. The normalized spacial score (nSPS) is 16.6. The molecule has 0 atom stereocenters. The van der Waals surface area contributed by atoms with Gasteiger partial charge in [0.1, 0.15) is 0 Å². The minimum Gasteiger partial charge on any atom is -0.383 e. The number of aromatic nitrogens is 2. The van der Waals surface area contributed by atoms with E-state index in [-0.39, 0.29) is 10.8 Å². The third kappa shape index (κ3) is 6.62. The predicted molar refractivity (Wildman–Crippen MR) is 133 cm³/mol. The van der Waals surface area contributed by atoms with Gasteiger partial charge in [-0.05, 0) is 48.9 Å². The van der Waals surface area contributed by atoms with Gasteiger partial charge >= 0.3 is 0 Å². The molecule has 0 fully saturated rings. The van der Waals surface area contributed by atoms with E-state index >= 15 is 0 Å². The number of fused-ring (bicyclic) bond motifs is 2. The van der Waals surface area contributed by atoms with Gasteiger partial charge in [-0.3, -0.25) is 14.9 Å². The average molecular weight is 438 g/mol. The molecule has 2 aromatic rings. The summed E-state index contributed by atoms with van der Waals surface area (Å²) in [5.74, 6) is 0. The highest BCUT2D eigenvalue weighted by Gasteiger charge is 2.21. The lowest BCUT2D eigenvalue weighted by Gasteiger charge is -2.29. The molecule has 32 heavy (non-hydrogen) atoms. The summed E-state index contributed by atoms with van der Waals surface area (Å²) in [4.78, 5) is 12.1. The molecule has 0 bridgehead atoms. The van der Waals surface area contributed by atoms with Crippen LogP contribution in [-0.2, 0) is 41.4 Å². The molecule has 0 aromatic carbocycles. The number of pyridine rings is 2. The van der Waals surface area contributed by atoms with E-state index in [1.807, 2.05) is 0 Å². The zero-order chi connectivity index (χ0) is 23.4. The number of ether oxygens (including phenoxy) is 1. The first kappa shape index (κ1) is 24.9. The molecule has 0 saturated heterocycles. The molecule has 1 aliphatic carbocycles. The van der Waals surface area contributed by atoms with E-state index in [0.717, 1.165) is 32.7 Å². The Morgan fingerprint density at radius 3 is 1.94 bits per heavy atom. The van der Waals surface area contributed by atoms with Crippen molar-refractivity contribution < 1.29 is 4.74 Å². The molecule has 4 heteroatoms. The average Bonchev–Trinajstić information content (AvgIpc) is 2.76. The molecular weight excluding hydrogens is 394 g/mol. The predicted octanol–water partition coefficient (Wildman–Crippen LogP) is 5.64. The molecule has 3 heterocycles. The maximum atomic E-state index is 5.14. The zero-order valence-electron chi connectivity index (χ0n) is 21.4. The monoisotopic (exact) mass is 437 g/mol. The third-order valence-corrected chi connectivity index (χ3v) is 6.45. The second-order valence-corrected chi connectivity index (χ2v) is 11.3. The Kier molecular flexibility index (Phi) is 8.11. The number of hydrogen-bond donors (Lipinski definition) is 0. The van der Waals surface area contributed by atoms with E-state index in [1.165, 1.54) is 59.6 Å². The zero-order valence-corrected chi connectivity index (χ0v) is 21.4. The van der Waals surface area contributed by atoms with E-state index in [0.29, 0.717) is 0 Å². The van der Waals surface area contributed by atoms with Crippen LogP contribution in [0.3, 0.4) is 0 Å². The number of methoxy groups -OCH3 is 1. The minimum atomic E-state index is 0.141. The van der Waals surface area contributed by atoms with Gasteiger partial charge in [0, 0.05) is 66.8 Å². The fourth-order valence-corrected chi connectivity index (χ4v) is 4.30. The summed E-state index contributed by atoms with van der Waals surface area (Å²) in [5, 5.41) is 0. The van der Waals surface area contributed by atoms with Crippen LogP contribution in [-0.4, -0.2) is 41.7 Å². The lowest BCUT2D eigenvalue weighted by Crippen LogP contribution is -2.34. The fourth-order valence-electron chi connectivity index (χ4n) is 4.30. The van der Waals surface area contributed by atoms with Crippen molar-refractivity contribution in [2.45, 2.75) is 91.0 Å². The second-order valence-electron chi connectivity index (χ2n) is 11.3. The van der Waals surface area contributed by atoms with Crippen LogP contribution in [0.25, 0.3) is 0 Å². The third-order valence-electron chi connectivity index (χ3n) is 6.45. The Bertz CT molecular complexity index is 893. The lowest BCUT2D eigenvalue weighted by molar-refractivity contribution is 0.140. The molecule has 0 radical (unpaired) electrons. The van der Waals surface area contributed by atoms with Gasteiger partial charge in [-0.15, -0.1) is 0 Å². The number of hydrogen-bond acceptors (Lipinski definition) is 4. The van der Waals surface area contributed by atoms with Crippen LogP contribution < -0.4 is 0 Å². The van der Waals surface area contributed by atoms with Crippen molar-refractivity contribution in [3.63, 3.8) is 0 Å². The maximum absolute atomic E-state index is 5.14. The topological polar surface area (TPSA) is 38.2 Å². The van der Waals surface area contributed by atoms with E-state index in [4.69, 9.17) is 14.7 Å². The van der Waals surface area contributed by atoms with Crippen LogP contribution >= 0.6 is 0 Å². The molecule has 0 saturated carbocycles. The SMILES string of the molecule is CC(C)(C)c1ccc2c(n1)CCCC2.COCCN1CCc2nc(C(C)(C)C)ccc2C1. The van der Waals surface area contributed by atoms with Crippen LogP contribution in [0.15, 0.2) is 24.3 Å². The van der Waals surface area contributed by atoms with Gasteiger partial charge in [0.15, 0.2) is 0 Å². The number of aryl methyl sites for hydroxylation is 2. The maximum Gasteiger partial charge on any atom is 0.0589 e. The second kappa shape index (κ2) is 10.4. The van der Waals surface area contributed by atoms with Crippen molar-refractivity contribution in [3.8, 4) is 0 Å². The quantitative estimate of drug-likeness (QED) is 0.623. The van der Waals surface area contributed by atoms with Gasteiger partial charge in [-0.25, -0.2) is 0 Å². The standard InChI is InChI=1S/C15H24N2O.C13H19N/c1-15(2,3)14-6-5-12-11-17(9-10-18-4)8-7-13(12)16-14;1-13(2,3)12-9-8-10-6-4-5-7-11(10)14-12/h5-6H,7-11H2,1-4H3;8-9H,4-7H2,1-3H3. The van der Waals surface area contributed by atoms with E-state index in [1.54, 1.807) is 7.11 Å². The van der Waals surface area contributed by atoms with Gasteiger partial charge in [0.25, 0.3) is 0 Å². The van der Waals surface area contributed by atoms with Crippen LogP contribution in [0.5, 0.6) is 0 Å². The van der Waals surface area contributed by atoms with Gasteiger partial charge < -0.3 is 4.74 Å². The Hall–Kier alpha value is -1.78. The number of nitrogens with zero attached hydrogens (tertiary/aromatic N) is 3. The summed E-state index contributed by atoms with van der Waals surface area (Å²) in [5.41, 5.74) is 8.26. The first-order valence-electron chi connectivity index (χ1n) is 12.3. The molecule has 4 rings (SSSR count). The van der Waals surface area contributed by atoms with Gasteiger partial charge in [-0.1, -0.05) is 53.7 Å². The Morgan fingerprint density at radius 1 is 0.781 bits per heavy atom. The van der Waals surface area contributed by atoms with E-state index < -0.39 is 0 Å².